The van der Waals surface area contributed by atoms with Gasteiger partial charge in [-0.15, -0.1) is 0 Å². The van der Waals surface area contributed by atoms with E-state index >= 15 is 0 Å². The number of carbonyl (C=O) groups excluding carboxylic acids is 2. The molecule has 0 aliphatic carbocycles. The van der Waals surface area contributed by atoms with Crippen LogP contribution in [0, 0.1) is 5.82 Å². The summed E-state index contributed by atoms with van der Waals surface area (Å²) in [5.41, 5.74) is 0.764. The zero-order valence-corrected chi connectivity index (χ0v) is 15.5. The third kappa shape index (κ3) is 4.74. The summed E-state index contributed by atoms with van der Waals surface area (Å²) in [5.74, 6) is 0.581. The van der Waals surface area contributed by atoms with Crippen LogP contribution in [0.2, 0.25) is 0 Å². The summed E-state index contributed by atoms with van der Waals surface area (Å²) in [7, 11) is 0. The number of nitrogens with one attached hydrogen (secondary N) is 2. The lowest BCUT2D eigenvalue weighted by molar-refractivity contribution is -0.134. The lowest BCUT2D eigenvalue weighted by atomic mass is 10.1. The summed E-state index contributed by atoms with van der Waals surface area (Å²) < 4.78 is 18.7. The minimum atomic E-state index is -0.454. The number of carbonyl (C=O) groups is 2. The van der Waals surface area contributed by atoms with Gasteiger partial charge in [-0.2, -0.15) is 0 Å². The fourth-order valence-electron chi connectivity index (χ4n) is 3.24. The van der Waals surface area contributed by atoms with Crippen LogP contribution in [-0.4, -0.2) is 41.9 Å². The fraction of sp³-hybridized carbons (Fsp3) is 0.400. The van der Waals surface area contributed by atoms with Crippen molar-refractivity contribution in [3.63, 3.8) is 0 Å². The molecule has 2 amide bonds. The standard InChI is InChI=1S/C20H24FN3O3/c1-13(2)24-10-9-22-20(26)17(24)11-19(25)23-12-16-7-8-18(27-16)14-3-5-15(21)6-4-14/h3-8,13,17H,9-12H2,1-2H3,(H,22,26)(H,23,25). The van der Waals surface area contributed by atoms with Gasteiger partial charge in [-0.3, -0.25) is 14.5 Å². The molecule has 27 heavy (non-hydrogen) atoms. The number of benzene rings is 1. The van der Waals surface area contributed by atoms with Crippen LogP contribution in [0.1, 0.15) is 26.0 Å². The quantitative estimate of drug-likeness (QED) is 0.815. The summed E-state index contributed by atoms with van der Waals surface area (Å²) in [6.07, 6.45) is 0.107. The number of rotatable bonds is 6. The first-order valence-corrected chi connectivity index (χ1v) is 9.09. The van der Waals surface area contributed by atoms with Gasteiger partial charge in [-0.25, -0.2) is 4.39 Å². The lowest BCUT2D eigenvalue weighted by Gasteiger charge is -2.37. The molecule has 2 aromatic rings. The Balaban J connectivity index is 1.56. The Morgan fingerprint density at radius 1 is 1.30 bits per heavy atom. The van der Waals surface area contributed by atoms with Crippen molar-refractivity contribution in [1.29, 1.82) is 0 Å². The Bertz CT molecular complexity index is 801. The van der Waals surface area contributed by atoms with Crippen molar-refractivity contribution in [2.45, 2.75) is 38.9 Å². The highest BCUT2D eigenvalue weighted by molar-refractivity contribution is 5.88. The Morgan fingerprint density at radius 3 is 2.74 bits per heavy atom. The monoisotopic (exact) mass is 373 g/mol. The molecule has 7 heteroatoms. The molecule has 0 spiro atoms. The Hall–Kier alpha value is -2.67. The summed E-state index contributed by atoms with van der Waals surface area (Å²) in [4.78, 5) is 26.5. The summed E-state index contributed by atoms with van der Waals surface area (Å²) in [5, 5.41) is 5.62. The van der Waals surface area contributed by atoms with Crippen LogP contribution < -0.4 is 10.6 Å². The predicted molar refractivity (Wildman–Crippen MR) is 99.2 cm³/mol. The van der Waals surface area contributed by atoms with Crippen LogP contribution in [0.25, 0.3) is 11.3 Å². The number of hydrogen-bond acceptors (Lipinski definition) is 4. The van der Waals surface area contributed by atoms with Gasteiger partial charge in [0.25, 0.3) is 0 Å². The van der Waals surface area contributed by atoms with Crippen LogP contribution in [0.3, 0.4) is 0 Å². The third-order valence-electron chi connectivity index (χ3n) is 4.66. The molecule has 1 aliphatic heterocycles. The molecule has 1 aromatic carbocycles. The zero-order chi connectivity index (χ0) is 19.4. The second-order valence-electron chi connectivity index (χ2n) is 6.89. The van der Waals surface area contributed by atoms with Crippen LogP contribution in [-0.2, 0) is 16.1 Å². The largest absolute Gasteiger partial charge is 0.459 e. The van der Waals surface area contributed by atoms with E-state index in [1.165, 1.54) is 12.1 Å². The van der Waals surface area contributed by atoms with Gasteiger partial charge in [0.05, 0.1) is 19.0 Å². The SMILES string of the molecule is CC(C)N1CCNC(=O)C1CC(=O)NCc1ccc(-c2ccc(F)cc2)o1. The summed E-state index contributed by atoms with van der Waals surface area (Å²) in [6.45, 7) is 5.61. The molecule has 3 rings (SSSR count). The van der Waals surface area contributed by atoms with E-state index in [-0.39, 0.29) is 36.6 Å². The molecule has 1 fully saturated rings. The zero-order valence-electron chi connectivity index (χ0n) is 15.5. The van der Waals surface area contributed by atoms with Crippen LogP contribution in [0.4, 0.5) is 4.39 Å². The van der Waals surface area contributed by atoms with Gasteiger partial charge in [-0.1, -0.05) is 0 Å². The molecule has 1 aliphatic rings. The maximum absolute atomic E-state index is 13.0. The summed E-state index contributed by atoms with van der Waals surface area (Å²) in [6, 6.07) is 9.31. The number of halogens is 1. The van der Waals surface area contributed by atoms with Crippen LogP contribution in [0.15, 0.2) is 40.8 Å². The van der Waals surface area contributed by atoms with Gasteiger partial charge in [0.2, 0.25) is 11.8 Å². The smallest absolute Gasteiger partial charge is 0.237 e. The van der Waals surface area contributed by atoms with E-state index in [1.54, 1.807) is 24.3 Å². The van der Waals surface area contributed by atoms with Crippen molar-refractivity contribution >= 4 is 11.8 Å². The van der Waals surface area contributed by atoms with E-state index in [4.69, 9.17) is 4.42 Å². The molecular formula is C20H24FN3O3. The normalized spacial score (nSPS) is 17.8. The van der Waals surface area contributed by atoms with E-state index in [0.29, 0.717) is 18.1 Å². The minimum Gasteiger partial charge on any atom is -0.459 e. The highest BCUT2D eigenvalue weighted by Crippen LogP contribution is 2.22. The summed E-state index contributed by atoms with van der Waals surface area (Å²) >= 11 is 0. The van der Waals surface area contributed by atoms with Gasteiger partial charge in [0, 0.05) is 24.7 Å². The van der Waals surface area contributed by atoms with Gasteiger partial charge in [0.1, 0.15) is 17.3 Å². The van der Waals surface area contributed by atoms with Crippen molar-refractivity contribution in [2.75, 3.05) is 13.1 Å². The topological polar surface area (TPSA) is 74.6 Å². The Kier molecular flexibility index (Phi) is 5.91. The van der Waals surface area contributed by atoms with Gasteiger partial charge in [-0.05, 0) is 50.2 Å². The number of furan rings is 1. The van der Waals surface area contributed by atoms with Gasteiger partial charge < -0.3 is 15.1 Å². The number of hydrogen-bond donors (Lipinski definition) is 2. The first kappa shape index (κ1) is 19.1. The lowest BCUT2D eigenvalue weighted by Crippen LogP contribution is -2.58. The fourth-order valence-corrected chi connectivity index (χ4v) is 3.24. The van der Waals surface area contributed by atoms with Gasteiger partial charge >= 0.3 is 0 Å². The average Bonchev–Trinajstić information content (AvgIpc) is 3.11. The van der Waals surface area contributed by atoms with Gasteiger partial charge in [0.15, 0.2) is 0 Å². The van der Waals surface area contributed by atoms with E-state index < -0.39 is 6.04 Å². The molecule has 0 saturated carbocycles. The maximum Gasteiger partial charge on any atom is 0.237 e. The first-order valence-electron chi connectivity index (χ1n) is 9.09. The minimum absolute atomic E-state index is 0.107. The molecule has 1 unspecified atom stereocenters. The van der Waals surface area contributed by atoms with E-state index in [9.17, 15) is 14.0 Å². The van der Waals surface area contributed by atoms with Crippen molar-refractivity contribution in [1.82, 2.24) is 15.5 Å². The molecule has 1 aromatic heterocycles. The molecule has 0 bridgehead atoms. The van der Waals surface area contributed by atoms with Crippen LogP contribution >= 0.6 is 0 Å². The molecule has 1 atom stereocenters. The Labute approximate surface area is 157 Å². The Morgan fingerprint density at radius 2 is 2.04 bits per heavy atom. The third-order valence-corrected chi connectivity index (χ3v) is 4.66. The van der Waals surface area contributed by atoms with Crippen molar-refractivity contribution in [2.24, 2.45) is 0 Å². The molecule has 2 heterocycles. The second-order valence-corrected chi connectivity index (χ2v) is 6.89. The van der Waals surface area contributed by atoms with E-state index in [1.807, 2.05) is 18.7 Å². The van der Waals surface area contributed by atoms with Crippen molar-refractivity contribution in [3.05, 3.63) is 48.0 Å². The second kappa shape index (κ2) is 8.35. The molecule has 2 N–H and O–H groups in total. The molecular weight excluding hydrogens is 349 g/mol. The molecule has 6 nitrogen and oxygen atoms in total. The van der Waals surface area contributed by atoms with Crippen LogP contribution in [0.5, 0.6) is 0 Å². The number of piperazine rings is 1. The molecule has 1 saturated heterocycles. The molecule has 0 radical (unpaired) electrons. The first-order chi connectivity index (χ1) is 12.9. The highest BCUT2D eigenvalue weighted by Gasteiger charge is 2.32. The number of nitrogens with zero attached hydrogens (tertiary/aromatic N) is 1. The predicted octanol–water partition coefficient (Wildman–Crippen LogP) is 2.30. The highest BCUT2D eigenvalue weighted by atomic mass is 19.1. The average molecular weight is 373 g/mol. The number of amides is 2. The van der Waals surface area contributed by atoms with Crippen molar-refractivity contribution in [3.8, 4) is 11.3 Å². The maximum atomic E-state index is 13.0. The molecule has 144 valence electrons. The van der Waals surface area contributed by atoms with E-state index in [0.717, 1.165) is 12.1 Å². The van der Waals surface area contributed by atoms with E-state index in [2.05, 4.69) is 10.6 Å². The van der Waals surface area contributed by atoms with Crippen molar-refractivity contribution < 1.29 is 18.4 Å².